The van der Waals surface area contributed by atoms with Crippen LogP contribution < -0.4 is 0 Å². The van der Waals surface area contributed by atoms with Gasteiger partial charge in [-0.3, -0.25) is 14.4 Å². The Hall–Kier alpha value is -1.98. The number of carbonyl (C=O) groups excluding carboxylic acids is 4. The molecular formula is C16H24O6. The number of carbonyl (C=O) groups is 4. The summed E-state index contributed by atoms with van der Waals surface area (Å²) in [6, 6.07) is 0. The quantitative estimate of drug-likeness (QED) is 0.267. The van der Waals surface area contributed by atoms with Gasteiger partial charge in [-0.15, -0.1) is 0 Å². The third-order valence-corrected chi connectivity index (χ3v) is 2.76. The first-order valence-corrected chi connectivity index (χ1v) is 7.52. The first kappa shape index (κ1) is 20.0. The second-order valence-corrected chi connectivity index (χ2v) is 4.94. The molecule has 0 spiro atoms. The van der Waals surface area contributed by atoms with Crippen molar-refractivity contribution in [1.82, 2.24) is 0 Å². The van der Waals surface area contributed by atoms with Crippen LogP contribution in [0.15, 0.2) is 12.2 Å². The summed E-state index contributed by atoms with van der Waals surface area (Å²) in [5.41, 5.74) is 0. The highest BCUT2D eigenvalue weighted by Gasteiger charge is 2.04. The van der Waals surface area contributed by atoms with E-state index in [4.69, 9.17) is 0 Å². The van der Waals surface area contributed by atoms with Crippen molar-refractivity contribution in [3.63, 3.8) is 0 Å². The number of rotatable bonds is 10. The number of hydrogen-bond donors (Lipinski definition) is 0. The van der Waals surface area contributed by atoms with Gasteiger partial charge in [0.2, 0.25) is 0 Å². The second-order valence-electron chi connectivity index (χ2n) is 4.94. The van der Waals surface area contributed by atoms with E-state index < -0.39 is 23.9 Å². The monoisotopic (exact) mass is 312 g/mol. The van der Waals surface area contributed by atoms with Crippen molar-refractivity contribution < 1.29 is 28.7 Å². The van der Waals surface area contributed by atoms with Crippen LogP contribution in [0.5, 0.6) is 0 Å². The molecule has 0 rings (SSSR count). The topological polar surface area (TPSA) is 86.7 Å². The lowest BCUT2D eigenvalue weighted by atomic mass is 10.1. The van der Waals surface area contributed by atoms with Gasteiger partial charge >= 0.3 is 23.9 Å². The van der Waals surface area contributed by atoms with Crippen molar-refractivity contribution in [1.29, 1.82) is 0 Å². The van der Waals surface area contributed by atoms with E-state index in [1.165, 1.54) is 19.9 Å². The summed E-state index contributed by atoms with van der Waals surface area (Å²) < 4.78 is 8.76. The van der Waals surface area contributed by atoms with Crippen molar-refractivity contribution >= 4 is 23.9 Å². The van der Waals surface area contributed by atoms with E-state index in [0.29, 0.717) is 0 Å². The largest absolute Gasteiger partial charge is 0.393 e. The number of hydrogen-bond acceptors (Lipinski definition) is 6. The fourth-order valence-electron chi connectivity index (χ4n) is 1.81. The van der Waals surface area contributed by atoms with Crippen LogP contribution in [-0.4, -0.2) is 23.9 Å². The Bertz CT molecular complexity index is 411. The van der Waals surface area contributed by atoms with Gasteiger partial charge in [-0.1, -0.05) is 31.8 Å². The summed E-state index contributed by atoms with van der Waals surface area (Å²) in [6.45, 7) is 2.40. The number of allylic oxidation sites excluding steroid dienone is 1. The summed E-state index contributed by atoms with van der Waals surface area (Å²) in [7, 11) is 0. The lowest BCUT2D eigenvalue weighted by Crippen LogP contribution is -2.08. The average Bonchev–Trinajstić information content (AvgIpc) is 2.39. The van der Waals surface area contributed by atoms with Gasteiger partial charge in [0.05, 0.1) is 0 Å². The summed E-state index contributed by atoms with van der Waals surface area (Å²) >= 11 is 0. The predicted octanol–water partition coefficient (Wildman–Crippen LogP) is 2.84. The minimum atomic E-state index is -0.634. The third kappa shape index (κ3) is 14.4. The molecule has 22 heavy (non-hydrogen) atoms. The molecule has 0 saturated heterocycles. The summed E-state index contributed by atoms with van der Waals surface area (Å²) in [4.78, 5) is 43.1. The predicted molar refractivity (Wildman–Crippen MR) is 79.6 cm³/mol. The van der Waals surface area contributed by atoms with Crippen LogP contribution in [0.3, 0.4) is 0 Å². The van der Waals surface area contributed by atoms with Gasteiger partial charge in [0, 0.05) is 26.3 Å². The van der Waals surface area contributed by atoms with Crippen LogP contribution >= 0.6 is 0 Å². The van der Waals surface area contributed by atoms with Gasteiger partial charge < -0.3 is 9.47 Å². The van der Waals surface area contributed by atoms with E-state index in [0.717, 1.165) is 44.9 Å². The van der Waals surface area contributed by atoms with E-state index >= 15 is 0 Å². The first-order valence-electron chi connectivity index (χ1n) is 7.52. The van der Waals surface area contributed by atoms with Gasteiger partial charge in [0.1, 0.15) is 0 Å². The van der Waals surface area contributed by atoms with E-state index in [2.05, 4.69) is 9.47 Å². The zero-order valence-electron chi connectivity index (χ0n) is 13.3. The highest BCUT2D eigenvalue weighted by Crippen LogP contribution is 2.09. The molecule has 0 heterocycles. The lowest BCUT2D eigenvalue weighted by molar-refractivity contribution is -0.158. The van der Waals surface area contributed by atoms with Crippen LogP contribution in [-0.2, 0) is 28.7 Å². The number of esters is 4. The molecule has 0 aromatic heterocycles. The minimum Gasteiger partial charge on any atom is -0.393 e. The van der Waals surface area contributed by atoms with Gasteiger partial charge in [-0.25, -0.2) is 4.79 Å². The van der Waals surface area contributed by atoms with Crippen LogP contribution in [0, 0.1) is 0 Å². The molecule has 0 N–H and O–H groups in total. The fourth-order valence-corrected chi connectivity index (χ4v) is 1.81. The standard InChI is InChI=1S/C16H24O6/c1-13(17)21-15(19)11-9-7-5-3-4-6-8-10-12-16(20)22-14(2)18/h9,11H,3-8,10,12H2,1-2H3. The van der Waals surface area contributed by atoms with Crippen molar-refractivity contribution in [3.05, 3.63) is 12.2 Å². The molecular weight excluding hydrogens is 288 g/mol. The molecule has 0 unspecified atom stereocenters. The molecule has 0 fully saturated rings. The third-order valence-electron chi connectivity index (χ3n) is 2.76. The van der Waals surface area contributed by atoms with E-state index in [9.17, 15) is 19.2 Å². The summed E-state index contributed by atoms with van der Waals surface area (Å²) in [5, 5.41) is 0. The SMILES string of the molecule is CC(=O)OC(=O)C=CCCCCCCCCC(=O)OC(C)=O. The molecule has 0 atom stereocenters. The Balaban J connectivity index is 3.39. The molecule has 0 aliphatic carbocycles. The van der Waals surface area contributed by atoms with E-state index in [1.807, 2.05) is 0 Å². The maximum absolute atomic E-state index is 11.1. The molecule has 0 bridgehead atoms. The maximum atomic E-state index is 11.1. The smallest absolute Gasteiger partial charge is 0.338 e. The van der Waals surface area contributed by atoms with Crippen molar-refractivity contribution in [2.24, 2.45) is 0 Å². The zero-order chi connectivity index (χ0) is 16.8. The summed E-state index contributed by atoms with van der Waals surface area (Å²) in [5.74, 6) is -2.27. The van der Waals surface area contributed by atoms with Crippen LogP contribution in [0.1, 0.15) is 65.2 Å². The minimum absolute atomic E-state index is 0.278. The molecule has 0 aromatic rings. The van der Waals surface area contributed by atoms with E-state index in [-0.39, 0.29) is 6.42 Å². The van der Waals surface area contributed by atoms with Gasteiger partial charge in [0.15, 0.2) is 0 Å². The molecule has 0 radical (unpaired) electrons. The lowest BCUT2D eigenvalue weighted by Gasteiger charge is -2.01. The zero-order valence-corrected chi connectivity index (χ0v) is 13.3. The molecule has 0 aliphatic heterocycles. The molecule has 6 heteroatoms. The van der Waals surface area contributed by atoms with E-state index in [1.54, 1.807) is 6.08 Å². The highest BCUT2D eigenvalue weighted by molar-refractivity contribution is 5.91. The van der Waals surface area contributed by atoms with Crippen LogP contribution in [0.4, 0.5) is 0 Å². The van der Waals surface area contributed by atoms with Crippen LogP contribution in [0.25, 0.3) is 0 Å². The summed E-state index contributed by atoms with van der Waals surface area (Å²) in [6.07, 6.45) is 9.71. The average molecular weight is 312 g/mol. The first-order chi connectivity index (χ1) is 10.4. The molecule has 0 amide bonds. The second kappa shape index (κ2) is 12.7. The Labute approximate surface area is 130 Å². The van der Waals surface area contributed by atoms with Gasteiger partial charge in [-0.2, -0.15) is 0 Å². The van der Waals surface area contributed by atoms with Crippen molar-refractivity contribution in [2.45, 2.75) is 65.2 Å². The Morgan fingerprint density at radius 1 is 0.773 bits per heavy atom. The molecule has 6 nitrogen and oxygen atoms in total. The normalized spacial score (nSPS) is 10.5. The van der Waals surface area contributed by atoms with Crippen molar-refractivity contribution in [3.8, 4) is 0 Å². The highest BCUT2D eigenvalue weighted by atomic mass is 16.6. The van der Waals surface area contributed by atoms with Gasteiger partial charge in [-0.05, 0) is 19.3 Å². The molecule has 0 saturated carbocycles. The maximum Gasteiger partial charge on any atom is 0.338 e. The van der Waals surface area contributed by atoms with Crippen LogP contribution in [0.2, 0.25) is 0 Å². The number of unbranched alkanes of at least 4 members (excludes halogenated alkanes) is 6. The Morgan fingerprint density at radius 3 is 1.91 bits per heavy atom. The van der Waals surface area contributed by atoms with Crippen molar-refractivity contribution in [2.75, 3.05) is 0 Å². The van der Waals surface area contributed by atoms with Gasteiger partial charge in [0.25, 0.3) is 0 Å². The Morgan fingerprint density at radius 2 is 1.32 bits per heavy atom. The molecule has 124 valence electrons. The molecule has 0 aliphatic rings. The molecule has 0 aromatic carbocycles. The number of ether oxygens (including phenoxy) is 2. The fraction of sp³-hybridized carbons (Fsp3) is 0.625. The Kier molecular flexibility index (Phi) is 11.6.